The van der Waals surface area contributed by atoms with Gasteiger partial charge in [0.15, 0.2) is 0 Å². The predicted octanol–water partition coefficient (Wildman–Crippen LogP) is 2.28. The van der Waals surface area contributed by atoms with Crippen molar-refractivity contribution >= 4 is 18.1 Å². The number of hydrogen-bond donors (Lipinski definition) is 1. The summed E-state index contributed by atoms with van der Waals surface area (Å²) in [4.78, 5) is 2.27. The fourth-order valence-corrected chi connectivity index (χ4v) is 2.99. The van der Waals surface area contributed by atoms with Crippen LogP contribution in [0.1, 0.15) is 18.1 Å². The van der Waals surface area contributed by atoms with E-state index < -0.39 is 0 Å². The van der Waals surface area contributed by atoms with Gasteiger partial charge in [0.1, 0.15) is 5.82 Å². The third kappa shape index (κ3) is 1.81. The van der Waals surface area contributed by atoms with E-state index in [1.165, 1.54) is 5.56 Å². The predicted molar refractivity (Wildman–Crippen MR) is 70.7 cm³/mol. The van der Waals surface area contributed by atoms with Crippen LogP contribution in [-0.2, 0) is 6.42 Å². The fourth-order valence-electron chi connectivity index (χ4n) is 2.99. The minimum atomic E-state index is -0.0197. The van der Waals surface area contributed by atoms with Gasteiger partial charge in [-0.3, -0.25) is 0 Å². The number of aryl methyl sites for hydroxylation is 1. The number of benzene rings is 1. The van der Waals surface area contributed by atoms with Crippen molar-refractivity contribution in [1.82, 2.24) is 5.32 Å². The molecule has 1 aromatic rings. The highest BCUT2D eigenvalue weighted by atomic mass is 35.5. The average molecular weight is 257 g/mol. The zero-order chi connectivity index (χ0) is 11.3. The molecule has 0 saturated carbocycles. The zero-order valence-corrected chi connectivity index (χ0v) is 11.0. The lowest BCUT2D eigenvalue weighted by molar-refractivity contribution is 0.425. The lowest BCUT2D eigenvalue weighted by atomic mass is 10.1. The Labute approximate surface area is 108 Å². The maximum absolute atomic E-state index is 14.2. The number of rotatable bonds is 0. The van der Waals surface area contributed by atoms with Gasteiger partial charge in [-0.2, -0.15) is 0 Å². The average Bonchev–Trinajstić information content (AvgIpc) is 2.64. The molecule has 1 N–H and O–H groups in total. The van der Waals surface area contributed by atoms with E-state index in [1.54, 1.807) is 0 Å². The summed E-state index contributed by atoms with van der Waals surface area (Å²) in [5.74, 6) is -0.0197. The molecule has 0 aliphatic carbocycles. The van der Waals surface area contributed by atoms with E-state index in [9.17, 15) is 4.39 Å². The van der Waals surface area contributed by atoms with Gasteiger partial charge in [0.25, 0.3) is 0 Å². The highest BCUT2D eigenvalue weighted by molar-refractivity contribution is 5.85. The van der Waals surface area contributed by atoms with E-state index in [0.717, 1.165) is 30.8 Å². The number of nitrogens with one attached hydrogen (secondary N) is 1. The smallest absolute Gasteiger partial charge is 0.149 e. The zero-order valence-electron chi connectivity index (χ0n) is 10.2. The molecule has 4 heteroatoms. The molecule has 3 rings (SSSR count). The molecule has 1 fully saturated rings. The van der Waals surface area contributed by atoms with E-state index in [-0.39, 0.29) is 18.2 Å². The lowest BCUT2D eigenvalue weighted by Crippen LogP contribution is -2.55. The van der Waals surface area contributed by atoms with E-state index in [2.05, 4.69) is 23.2 Å². The fraction of sp³-hybridized carbons (Fsp3) is 0.538. The van der Waals surface area contributed by atoms with Crippen LogP contribution in [0.3, 0.4) is 0 Å². The van der Waals surface area contributed by atoms with Crippen molar-refractivity contribution in [1.29, 1.82) is 0 Å². The van der Waals surface area contributed by atoms with Crippen molar-refractivity contribution in [3.05, 3.63) is 29.1 Å². The number of anilines is 1. The second-order valence-electron chi connectivity index (χ2n) is 4.98. The van der Waals surface area contributed by atoms with Crippen molar-refractivity contribution in [2.45, 2.75) is 32.4 Å². The first-order chi connectivity index (χ1) is 7.68. The Morgan fingerprint density at radius 2 is 2.12 bits per heavy atom. The third-order valence-corrected chi connectivity index (χ3v) is 3.79. The second kappa shape index (κ2) is 4.46. The second-order valence-corrected chi connectivity index (χ2v) is 4.98. The van der Waals surface area contributed by atoms with Gasteiger partial charge in [0, 0.05) is 25.2 Å². The summed E-state index contributed by atoms with van der Waals surface area (Å²) in [5.41, 5.74) is 2.78. The van der Waals surface area contributed by atoms with Crippen LogP contribution < -0.4 is 10.2 Å². The summed E-state index contributed by atoms with van der Waals surface area (Å²) in [6.07, 6.45) is 0.976. The van der Waals surface area contributed by atoms with Gasteiger partial charge in [-0.1, -0.05) is 12.1 Å². The van der Waals surface area contributed by atoms with Crippen LogP contribution in [0.25, 0.3) is 0 Å². The summed E-state index contributed by atoms with van der Waals surface area (Å²) in [6, 6.07) is 4.80. The van der Waals surface area contributed by atoms with Gasteiger partial charge in [0.05, 0.1) is 5.69 Å². The number of halogens is 2. The van der Waals surface area contributed by atoms with Crippen molar-refractivity contribution in [3.63, 3.8) is 0 Å². The molecule has 0 radical (unpaired) electrons. The first kappa shape index (κ1) is 12.7. The van der Waals surface area contributed by atoms with E-state index >= 15 is 0 Å². The Balaban J connectivity index is 0.00000108. The molecule has 1 unspecified atom stereocenters. The van der Waals surface area contributed by atoms with E-state index in [4.69, 9.17) is 0 Å². The molecular formula is C13H18ClFN2. The quantitative estimate of drug-likeness (QED) is 0.766. The van der Waals surface area contributed by atoms with Gasteiger partial charge >= 0.3 is 0 Å². The summed E-state index contributed by atoms with van der Waals surface area (Å²) in [5, 5.41) is 3.41. The largest absolute Gasteiger partial charge is 0.360 e. The Morgan fingerprint density at radius 3 is 2.88 bits per heavy atom. The molecule has 94 valence electrons. The highest BCUT2D eigenvalue weighted by Crippen LogP contribution is 2.38. The van der Waals surface area contributed by atoms with Crippen molar-refractivity contribution in [2.75, 3.05) is 18.0 Å². The number of nitrogens with zero attached hydrogens (tertiary/aromatic N) is 1. The normalized spacial score (nSPS) is 26.2. The van der Waals surface area contributed by atoms with Gasteiger partial charge in [-0.05, 0) is 31.4 Å². The Hall–Kier alpha value is -0.800. The van der Waals surface area contributed by atoms with Crippen molar-refractivity contribution in [2.24, 2.45) is 0 Å². The number of hydrogen-bond acceptors (Lipinski definition) is 2. The van der Waals surface area contributed by atoms with Crippen LogP contribution in [0.4, 0.5) is 10.1 Å². The van der Waals surface area contributed by atoms with Crippen LogP contribution in [0.15, 0.2) is 12.1 Å². The number of piperazine rings is 1. The summed E-state index contributed by atoms with van der Waals surface area (Å²) >= 11 is 0. The van der Waals surface area contributed by atoms with Gasteiger partial charge in [-0.25, -0.2) is 4.39 Å². The van der Waals surface area contributed by atoms with Crippen LogP contribution >= 0.6 is 12.4 Å². The van der Waals surface area contributed by atoms with Gasteiger partial charge in [-0.15, -0.1) is 12.4 Å². The van der Waals surface area contributed by atoms with E-state index in [1.807, 2.05) is 13.0 Å². The molecule has 0 aromatic heterocycles. The molecule has 0 bridgehead atoms. The first-order valence-corrected chi connectivity index (χ1v) is 5.95. The topological polar surface area (TPSA) is 15.3 Å². The molecule has 1 saturated heterocycles. The maximum atomic E-state index is 14.2. The monoisotopic (exact) mass is 256 g/mol. The summed E-state index contributed by atoms with van der Waals surface area (Å²) < 4.78 is 14.2. The highest BCUT2D eigenvalue weighted by Gasteiger charge is 2.37. The molecule has 0 amide bonds. The summed E-state index contributed by atoms with van der Waals surface area (Å²) in [7, 11) is 0. The molecule has 17 heavy (non-hydrogen) atoms. The third-order valence-electron chi connectivity index (χ3n) is 3.79. The van der Waals surface area contributed by atoms with Crippen LogP contribution in [0, 0.1) is 12.7 Å². The van der Waals surface area contributed by atoms with Crippen molar-refractivity contribution in [3.8, 4) is 0 Å². The van der Waals surface area contributed by atoms with Crippen LogP contribution in [0.5, 0.6) is 0 Å². The molecule has 2 aliphatic heterocycles. The number of fused-ring (bicyclic) bond motifs is 3. The van der Waals surface area contributed by atoms with Gasteiger partial charge in [0.2, 0.25) is 0 Å². The van der Waals surface area contributed by atoms with Crippen LogP contribution in [-0.4, -0.2) is 25.2 Å². The van der Waals surface area contributed by atoms with E-state index in [0.29, 0.717) is 12.1 Å². The lowest BCUT2D eigenvalue weighted by Gasteiger charge is -2.38. The first-order valence-electron chi connectivity index (χ1n) is 5.95. The molecule has 2 nitrogen and oxygen atoms in total. The molecule has 2 heterocycles. The SMILES string of the molecule is Cc1ccc2c(c1F)N1C(C)CNC[C@@H]1C2.Cl. The van der Waals surface area contributed by atoms with Crippen molar-refractivity contribution < 1.29 is 4.39 Å². The Kier molecular flexibility index (Phi) is 3.32. The summed E-state index contributed by atoms with van der Waals surface area (Å²) in [6.45, 7) is 5.92. The molecule has 1 aromatic carbocycles. The molecule has 0 spiro atoms. The maximum Gasteiger partial charge on any atom is 0.149 e. The molecule has 2 atom stereocenters. The van der Waals surface area contributed by atoms with Crippen LogP contribution in [0.2, 0.25) is 0 Å². The Bertz CT molecular complexity index is 436. The Morgan fingerprint density at radius 1 is 1.35 bits per heavy atom. The molecule has 2 aliphatic rings. The standard InChI is InChI=1S/C13H17FN2.ClH/c1-8-3-4-10-5-11-7-15-6-9(2)16(11)13(10)12(8)14;/h3-4,9,11,15H,5-7H2,1-2H3;1H/t9?,11-;/m0./s1. The minimum Gasteiger partial charge on any atom is -0.360 e. The minimum absolute atomic E-state index is 0. The van der Waals surface area contributed by atoms with Gasteiger partial charge < -0.3 is 10.2 Å². The molecular weight excluding hydrogens is 239 g/mol.